The quantitative estimate of drug-likeness (QED) is 0.860. The molecule has 2 rings (SSSR count). The molecule has 0 aliphatic carbocycles. The first-order valence-corrected chi connectivity index (χ1v) is 8.66. The van der Waals surface area contributed by atoms with Crippen LogP contribution in [0.3, 0.4) is 0 Å². The highest BCUT2D eigenvalue weighted by molar-refractivity contribution is 7.89. The van der Waals surface area contributed by atoms with Gasteiger partial charge in [-0.1, -0.05) is 24.3 Å². The van der Waals surface area contributed by atoms with E-state index >= 15 is 0 Å². The number of hydrogen-bond acceptors (Lipinski definition) is 4. The molecule has 0 aliphatic rings. The Kier molecular flexibility index (Phi) is 4.93. The Bertz CT molecular complexity index is 678. The Balaban J connectivity index is 2.15. The van der Waals surface area contributed by atoms with Gasteiger partial charge < -0.3 is 5.32 Å². The van der Waals surface area contributed by atoms with Gasteiger partial charge in [-0.3, -0.25) is 0 Å². The molecule has 6 heteroatoms. The first-order valence-electron chi connectivity index (χ1n) is 6.29. The van der Waals surface area contributed by atoms with Crippen molar-refractivity contribution in [2.24, 2.45) is 0 Å². The van der Waals surface area contributed by atoms with Crippen molar-refractivity contribution in [1.82, 2.24) is 10.0 Å². The van der Waals surface area contributed by atoms with Gasteiger partial charge in [-0.15, -0.1) is 11.3 Å². The Morgan fingerprint density at radius 1 is 1.15 bits per heavy atom. The van der Waals surface area contributed by atoms with E-state index in [0.717, 1.165) is 16.0 Å². The van der Waals surface area contributed by atoms with E-state index in [0.29, 0.717) is 18.0 Å². The van der Waals surface area contributed by atoms with Crippen LogP contribution in [0.25, 0.3) is 0 Å². The third kappa shape index (κ3) is 3.46. The molecule has 108 valence electrons. The molecule has 0 spiro atoms. The molecule has 0 aliphatic heterocycles. The molecule has 2 aromatic rings. The van der Waals surface area contributed by atoms with Gasteiger partial charge in [0.15, 0.2) is 0 Å². The van der Waals surface area contributed by atoms with E-state index < -0.39 is 10.0 Å². The first kappa shape index (κ1) is 15.2. The summed E-state index contributed by atoms with van der Waals surface area (Å²) in [4.78, 5) is 1.19. The second-order valence-electron chi connectivity index (χ2n) is 4.49. The third-order valence-electron chi connectivity index (χ3n) is 3.05. The van der Waals surface area contributed by atoms with Gasteiger partial charge in [-0.25, -0.2) is 13.1 Å². The molecule has 1 heterocycles. The Hall–Kier alpha value is -1.21. The Labute approximate surface area is 123 Å². The molecule has 20 heavy (non-hydrogen) atoms. The van der Waals surface area contributed by atoms with Crippen molar-refractivity contribution < 1.29 is 8.42 Å². The van der Waals surface area contributed by atoms with Gasteiger partial charge in [-0.2, -0.15) is 0 Å². The largest absolute Gasteiger partial charge is 0.315 e. The van der Waals surface area contributed by atoms with Crippen LogP contribution in [0.15, 0.2) is 40.6 Å². The molecule has 0 fully saturated rings. The average Bonchev–Trinajstić information content (AvgIpc) is 2.87. The maximum absolute atomic E-state index is 12.3. The van der Waals surface area contributed by atoms with Crippen molar-refractivity contribution in [2.45, 2.75) is 24.9 Å². The molecule has 0 saturated heterocycles. The summed E-state index contributed by atoms with van der Waals surface area (Å²) in [6.45, 7) is 2.84. The lowest BCUT2D eigenvalue weighted by Gasteiger charge is -2.09. The second kappa shape index (κ2) is 6.49. The van der Waals surface area contributed by atoms with Gasteiger partial charge in [-0.05, 0) is 36.5 Å². The lowest BCUT2D eigenvalue weighted by atomic mass is 10.1. The fourth-order valence-electron chi connectivity index (χ4n) is 1.92. The lowest BCUT2D eigenvalue weighted by molar-refractivity contribution is 0.580. The van der Waals surface area contributed by atoms with E-state index in [-0.39, 0.29) is 0 Å². The molecule has 0 saturated carbocycles. The van der Waals surface area contributed by atoms with Crippen LogP contribution in [-0.4, -0.2) is 15.5 Å². The number of rotatable bonds is 6. The summed E-state index contributed by atoms with van der Waals surface area (Å²) in [7, 11) is -1.66. The third-order valence-corrected chi connectivity index (χ3v) is 5.58. The zero-order valence-electron chi connectivity index (χ0n) is 11.5. The van der Waals surface area contributed by atoms with Crippen molar-refractivity contribution >= 4 is 21.4 Å². The van der Waals surface area contributed by atoms with E-state index in [1.54, 1.807) is 18.5 Å². The predicted molar refractivity (Wildman–Crippen MR) is 82.3 cm³/mol. The van der Waals surface area contributed by atoms with Crippen molar-refractivity contribution in [3.63, 3.8) is 0 Å². The van der Waals surface area contributed by atoms with Crippen molar-refractivity contribution in [3.05, 3.63) is 51.7 Å². The average molecular weight is 310 g/mol. The van der Waals surface area contributed by atoms with Crippen LogP contribution in [0.4, 0.5) is 0 Å². The maximum atomic E-state index is 12.3. The molecule has 0 unspecified atom stereocenters. The minimum Gasteiger partial charge on any atom is -0.315 e. The minimum absolute atomic E-state index is 0.309. The zero-order chi connectivity index (χ0) is 14.6. The van der Waals surface area contributed by atoms with Gasteiger partial charge in [0.05, 0.1) is 4.90 Å². The summed E-state index contributed by atoms with van der Waals surface area (Å²) < 4.78 is 27.4. The molecule has 0 atom stereocenters. The van der Waals surface area contributed by atoms with Crippen LogP contribution in [0, 0.1) is 6.92 Å². The Morgan fingerprint density at radius 2 is 1.90 bits per heavy atom. The topological polar surface area (TPSA) is 58.2 Å². The fraction of sp³-hybridized carbons (Fsp3) is 0.286. The summed E-state index contributed by atoms with van der Waals surface area (Å²) in [5.74, 6) is 0. The molecule has 1 aromatic heterocycles. The second-order valence-corrected chi connectivity index (χ2v) is 7.23. The zero-order valence-corrected chi connectivity index (χ0v) is 13.1. The van der Waals surface area contributed by atoms with Crippen LogP contribution in [0.2, 0.25) is 0 Å². The van der Waals surface area contributed by atoms with Crippen molar-refractivity contribution in [1.29, 1.82) is 0 Å². The van der Waals surface area contributed by atoms with E-state index in [1.807, 2.05) is 31.2 Å². The molecule has 0 amide bonds. The summed E-state index contributed by atoms with van der Waals surface area (Å²) in [5.41, 5.74) is 2.07. The maximum Gasteiger partial charge on any atom is 0.242 e. The molecular weight excluding hydrogens is 292 g/mol. The number of sulfonamides is 1. The summed E-state index contributed by atoms with van der Waals surface area (Å²) in [6, 6.07) is 9.41. The smallest absolute Gasteiger partial charge is 0.242 e. The fourth-order valence-corrected chi connectivity index (χ4v) is 4.38. The monoisotopic (exact) mass is 310 g/mol. The van der Waals surface area contributed by atoms with Gasteiger partial charge in [0, 0.05) is 18.0 Å². The SMILES string of the molecule is CNCc1sccc1S(=O)(=O)NCc1ccccc1C. The number of nitrogens with one attached hydrogen (secondary N) is 2. The van der Waals surface area contributed by atoms with Crippen molar-refractivity contribution in [3.8, 4) is 0 Å². The van der Waals surface area contributed by atoms with Crippen LogP contribution in [0.1, 0.15) is 16.0 Å². The molecule has 4 nitrogen and oxygen atoms in total. The van der Waals surface area contributed by atoms with Crippen LogP contribution < -0.4 is 10.0 Å². The number of thiophene rings is 1. The van der Waals surface area contributed by atoms with E-state index in [9.17, 15) is 8.42 Å². The molecular formula is C14H18N2O2S2. The summed E-state index contributed by atoms with van der Waals surface area (Å²) in [6.07, 6.45) is 0. The standard InChI is InChI=1S/C14H18N2O2S2/c1-11-5-3-4-6-12(11)9-16-20(17,18)14-7-8-19-13(14)10-15-2/h3-8,15-16H,9-10H2,1-2H3. The summed E-state index contributed by atoms with van der Waals surface area (Å²) >= 11 is 1.44. The predicted octanol–water partition coefficient (Wildman–Crippen LogP) is 2.25. The summed E-state index contributed by atoms with van der Waals surface area (Å²) in [5, 5.41) is 4.78. The van der Waals surface area contributed by atoms with Gasteiger partial charge >= 0.3 is 0 Å². The van der Waals surface area contributed by atoms with E-state index in [4.69, 9.17) is 0 Å². The first-order chi connectivity index (χ1) is 9.54. The molecule has 0 bridgehead atoms. The van der Waals surface area contributed by atoms with Crippen LogP contribution in [-0.2, 0) is 23.1 Å². The van der Waals surface area contributed by atoms with Gasteiger partial charge in [0.1, 0.15) is 0 Å². The highest BCUT2D eigenvalue weighted by Gasteiger charge is 2.19. The normalized spacial score (nSPS) is 11.7. The highest BCUT2D eigenvalue weighted by atomic mass is 32.2. The molecule has 2 N–H and O–H groups in total. The molecule has 0 radical (unpaired) electrons. The number of benzene rings is 1. The van der Waals surface area contributed by atoms with E-state index in [1.165, 1.54) is 11.3 Å². The highest BCUT2D eigenvalue weighted by Crippen LogP contribution is 2.22. The lowest BCUT2D eigenvalue weighted by Crippen LogP contribution is -2.24. The Morgan fingerprint density at radius 3 is 2.60 bits per heavy atom. The number of hydrogen-bond donors (Lipinski definition) is 2. The van der Waals surface area contributed by atoms with Gasteiger partial charge in [0.2, 0.25) is 10.0 Å². The van der Waals surface area contributed by atoms with Crippen molar-refractivity contribution in [2.75, 3.05) is 7.05 Å². The molecule has 1 aromatic carbocycles. The van der Waals surface area contributed by atoms with Gasteiger partial charge in [0.25, 0.3) is 0 Å². The van der Waals surface area contributed by atoms with Crippen LogP contribution in [0.5, 0.6) is 0 Å². The van der Waals surface area contributed by atoms with Crippen LogP contribution >= 0.6 is 11.3 Å². The number of aryl methyl sites for hydroxylation is 1. The minimum atomic E-state index is -3.46. The van der Waals surface area contributed by atoms with E-state index in [2.05, 4.69) is 10.0 Å².